The molecule has 312 valence electrons. The lowest BCUT2D eigenvalue weighted by molar-refractivity contribution is -0.333. The van der Waals surface area contributed by atoms with E-state index in [1.807, 2.05) is 37.3 Å². The minimum absolute atomic E-state index is 0.0101. The van der Waals surface area contributed by atoms with Crippen LogP contribution in [0.4, 0.5) is 0 Å². The van der Waals surface area contributed by atoms with Gasteiger partial charge in [0.15, 0.2) is 6.29 Å². The molecule has 0 radical (unpaired) electrons. The first kappa shape index (κ1) is 40.8. The third-order valence-electron chi connectivity index (χ3n) is 17.6. The molecule has 2 bridgehead atoms. The molecule has 1 aromatic carbocycles. The Morgan fingerprint density at radius 1 is 0.875 bits per heavy atom. The molecule has 17 unspecified atom stereocenters. The summed E-state index contributed by atoms with van der Waals surface area (Å²) in [6.07, 6.45) is 2.92. The molecule has 8 rings (SSSR count). The lowest BCUT2D eigenvalue weighted by Gasteiger charge is -2.74. The van der Waals surface area contributed by atoms with Gasteiger partial charge < -0.3 is 50.0 Å². The van der Waals surface area contributed by atoms with Crippen LogP contribution in [0, 0.1) is 56.2 Å². The summed E-state index contributed by atoms with van der Waals surface area (Å²) in [5, 5.41) is 77.3. The van der Waals surface area contributed by atoms with Gasteiger partial charge in [-0.05, 0) is 109 Å². The van der Waals surface area contributed by atoms with E-state index in [4.69, 9.17) is 14.2 Å². The highest BCUT2D eigenvalue weighted by Crippen LogP contribution is 2.78. The molecule has 17 atom stereocenters. The van der Waals surface area contributed by atoms with E-state index in [9.17, 15) is 40.5 Å². The highest BCUT2D eigenvalue weighted by atomic mass is 16.7. The summed E-state index contributed by atoms with van der Waals surface area (Å²) in [4.78, 5) is 13.7. The summed E-state index contributed by atoms with van der Waals surface area (Å²) >= 11 is 0. The number of hydrogen-bond acceptors (Lipinski definition) is 10. The molecule has 6 fully saturated rings. The maximum Gasteiger partial charge on any atom is 0.313 e. The molecule has 1 aliphatic heterocycles. The van der Waals surface area contributed by atoms with E-state index in [1.165, 1.54) is 5.57 Å². The quantitative estimate of drug-likeness (QED) is 0.145. The fraction of sp³-hybridized carbons (Fsp3) is 0.800. The van der Waals surface area contributed by atoms with E-state index in [0.717, 1.165) is 50.5 Å². The van der Waals surface area contributed by atoms with Crippen LogP contribution in [0.1, 0.15) is 104 Å². The molecule has 11 heteroatoms. The zero-order valence-corrected chi connectivity index (χ0v) is 33.7. The second kappa shape index (κ2) is 14.4. The van der Waals surface area contributed by atoms with Crippen molar-refractivity contribution in [1.29, 1.82) is 0 Å². The highest BCUT2D eigenvalue weighted by molar-refractivity contribution is 5.78. The van der Waals surface area contributed by atoms with Gasteiger partial charge in [-0.15, -0.1) is 0 Å². The molecule has 7 aliphatic rings. The van der Waals surface area contributed by atoms with E-state index in [-0.39, 0.29) is 66.2 Å². The number of aliphatic hydroxyl groups is 6. The largest absolute Gasteiger partial charge is 0.481 e. The highest BCUT2D eigenvalue weighted by Gasteiger charge is 2.75. The Morgan fingerprint density at radius 2 is 1.62 bits per heavy atom. The zero-order valence-electron chi connectivity index (χ0n) is 33.7. The Hall–Kier alpha value is -1.93. The zero-order chi connectivity index (χ0) is 40.1. The first-order chi connectivity index (χ1) is 26.5. The molecule has 1 aromatic rings. The van der Waals surface area contributed by atoms with Crippen LogP contribution in [-0.4, -0.2) is 104 Å². The number of rotatable bonds is 8. The van der Waals surface area contributed by atoms with Crippen LogP contribution in [0.3, 0.4) is 0 Å². The third kappa shape index (κ3) is 5.72. The fourth-order valence-corrected chi connectivity index (χ4v) is 15.0. The summed E-state index contributed by atoms with van der Waals surface area (Å²) in [6.45, 7) is 8.67. The fourth-order valence-electron chi connectivity index (χ4n) is 15.0. The summed E-state index contributed by atoms with van der Waals surface area (Å²) in [5.41, 5.74) is -1.37. The van der Waals surface area contributed by atoms with Gasteiger partial charge in [0, 0.05) is 12.0 Å². The maximum atomic E-state index is 13.7. The van der Waals surface area contributed by atoms with E-state index >= 15 is 0 Å². The van der Waals surface area contributed by atoms with Gasteiger partial charge in [0.25, 0.3) is 0 Å². The standard InChI is InChI=1S/C45H66O11/c1-40(24-46)19-29-28-13-14-33-41(2)20-31(54-22-26-10-6-5-7-11-26)37(56-38-36(51)35(50)30(48)23-55-38)42(3,25-47)32(41)15-17-44(33)16-9-8-12-27(18-43(28,44)4)45(29,39(52)53)34(49)21-40/h5-7,10-11,13,27,29-38,46-51H,8-9,12,14-25H2,1-4H3,(H,52,53). The number of benzene rings is 1. The van der Waals surface area contributed by atoms with Gasteiger partial charge >= 0.3 is 5.97 Å². The summed E-state index contributed by atoms with van der Waals surface area (Å²) in [7, 11) is 0. The molecule has 56 heavy (non-hydrogen) atoms. The lowest BCUT2D eigenvalue weighted by atomic mass is 9.30. The molecule has 11 nitrogen and oxygen atoms in total. The average molecular weight is 783 g/mol. The van der Waals surface area contributed by atoms with Crippen molar-refractivity contribution in [2.24, 2.45) is 56.2 Å². The van der Waals surface area contributed by atoms with Crippen molar-refractivity contribution in [2.45, 2.75) is 148 Å². The molecule has 1 spiro atoms. The normalized spacial score (nSPS) is 51.3. The van der Waals surface area contributed by atoms with Gasteiger partial charge in [0.1, 0.15) is 23.7 Å². The third-order valence-corrected chi connectivity index (χ3v) is 17.6. The Bertz CT molecular complexity index is 1650. The van der Waals surface area contributed by atoms with Crippen LogP contribution in [0.2, 0.25) is 0 Å². The minimum Gasteiger partial charge on any atom is -0.481 e. The van der Waals surface area contributed by atoms with Gasteiger partial charge in [-0.1, -0.05) is 82.5 Å². The summed E-state index contributed by atoms with van der Waals surface area (Å²) < 4.78 is 19.4. The number of carbonyl (C=O) groups is 1. The molecule has 1 saturated heterocycles. The first-order valence-electron chi connectivity index (χ1n) is 21.4. The van der Waals surface area contributed by atoms with Crippen LogP contribution < -0.4 is 0 Å². The van der Waals surface area contributed by atoms with Gasteiger partial charge in [-0.2, -0.15) is 0 Å². The monoisotopic (exact) mass is 782 g/mol. The predicted molar refractivity (Wildman–Crippen MR) is 206 cm³/mol. The number of fused-ring (bicyclic) bond motifs is 6. The molecule has 6 aliphatic carbocycles. The van der Waals surface area contributed by atoms with Crippen LogP contribution in [0.5, 0.6) is 0 Å². The van der Waals surface area contributed by atoms with Crippen LogP contribution in [0.25, 0.3) is 0 Å². The second-order valence-electron chi connectivity index (χ2n) is 20.4. The molecule has 0 amide bonds. The number of aliphatic hydroxyl groups excluding tert-OH is 6. The molecular weight excluding hydrogens is 716 g/mol. The van der Waals surface area contributed by atoms with Crippen molar-refractivity contribution in [3.8, 4) is 0 Å². The van der Waals surface area contributed by atoms with Crippen LogP contribution >= 0.6 is 0 Å². The topological polar surface area (TPSA) is 186 Å². The number of carboxylic acid groups (broad SMARTS) is 1. The van der Waals surface area contributed by atoms with Crippen molar-refractivity contribution < 1.29 is 54.8 Å². The van der Waals surface area contributed by atoms with Crippen molar-refractivity contribution in [3.05, 3.63) is 47.5 Å². The van der Waals surface area contributed by atoms with E-state index in [0.29, 0.717) is 25.9 Å². The SMILES string of the molecule is CC1(CO)CC(O)C2(C(=O)O)C3CCCCC45CCC6C(C)(CO)C(OC7OCC(O)C(O)C7O)C(OCc7ccccc7)CC6(C)C4CC=C(C2C1)C5(C)C3. The molecule has 0 aromatic heterocycles. The second-order valence-corrected chi connectivity index (χ2v) is 20.4. The van der Waals surface area contributed by atoms with Crippen molar-refractivity contribution in [3.63, 3.8) is 0 Å². The van der Waals surface area contributed by atoms with E-state index < -0.39 is 65.1 Å². The van der Waals surface area contributed by atoms with Crippen molar-refractivity contribution >= 4 is 5.97 Å². The smallest absolute Gasteiger partial charge is 0.313 e. The van der Waals surface area contributed by atoms with Gasteiger partial charge in [-0.3, -0.25) is 4.79 Å². The summed E-state index contributed by atoms with van der Waals surface area (Å²) in [6, 6.07) is 9.93. The Kier molecular flexibility index (Phi) is 10.5. The van der Waals surface area contributed by atoms with Gasteiger partial charge in [0.2, 0.25) is 0 Å². The molecule has 1 heterocycles. The first-order valence-corrected chi connectivity index (χ1v) is 21.4. The minimum atomic E-state index is -1.49. The predicted octanol–water partition coefficient (Wildman–Crippen LogP) is 4.59. The van der Waals surface area contributed by atoms with Crippen LogP contribution in [-0.2, 0) is 25.6 Å². The lowest BCUT2D eigenvalue weighted by Crippen LogP contribution is -2.71. The average Bonchev–Trinajstić information content (AvgIpc) is 3.16. The van der Waals surface area contributed by atoms with E-state index in [1.54, 1.807) is 0 Å². The van der Waals surface area contributed by atoms with Gasteiger partial charge in [-0.25, -0.2) is 0 Å². The molecule has 7 N–H and O–H groups in total. The van der Waals surface area contributed by atoms with Gasteiger partial charge in [0.05, 0.1) is 38.1 Å². The number of hydrogen-bond donors (Lipinski definition) is 7. The maximum absolute atomic E-state index is 13.7. The number of ether oxygens (including phenoxy) is 3. The van der Waals surface area contributed by atoms with Crippen molar-refractivity contribution in [2.75, 3.05) is 19.8 Å². The molecule has 5 saturated carbocycles. The number of carboxylic acids is 1. The Morgan fingerprint density at radius 3 is 2.32 bits per heavy atom. The van der Waals surface area contributed by atoms with Crippen molar-refractivity contribution in [1.82, 2.24) is 0 Å². The van der Waals surface area contributed by atoms with Crippen LogP contribution in [0.15, 0.2) is 42.0 Å². The molecular formula is C45H66O11. The number of aliphatic carboxylic acids is 1. The summed E-state index contributed by atoms with van der Waals surface area (Å²) in [5.74, 6) is -1.31. The Balaban J connectivity index is 1.22. The van der Waals surface area contributed by atoms with E-state index in [2.05, 4.69) is 26.8 Å². The number of allylic oxidation sites excluding steroid dienone is 2. The Labute approximate surface area is 331 Å².